The van der Waals surface area contributed by atoms with Gasteiger partial charge in [0, 0.05) is 38.1 Å². The molecular weight excluding hydrogens is 278 g/mol. The molecule has 0 unspecified atom stereocenters. The summed E-state index contributed by atoms with van der Waals surface area (Å²) in [7, 11) is 1.75. The minimum absolute atomic E-state index is 0.0281. The molecule has 0 saturated carbocycles. The third-order valence-corrected chi connectivity index (χ3v) is 4.03. The third kappa shape index (κ3) is 3.35. The number of nitrogens with two attached hydrogens (primary N) is 1. The largest absolute Gasteiger partial charge is 0.409 e. The van der Waals surface area contributed by atoms with Crippen molar-refractivity contribution in [3.63, 3.8) is 0 Å². The van der Waals surface area contributed by atoms with Crippen LogP contribution in [-0.4, -0.2) is 37.8 Å². The number of benzene rings is 1. The number of hydrogen-bond acceptors (Lipinski definition) is 4. The van der Waals surface area contributed by atoms with Crippen LogP contribution >= 0.6 is 11.6 Å². The van der Waals surface area contributed by atoms with Gasteiger partial charge in [-0.25, -0.2) is 0 Å². The molecule has 0 aliphatic carbocycles. The third-order valence-electron chi connectivity index (χ3n) is 3.72. The molecule has 1 aliphatic heterocycles. The molecule has 1 saturated heterocycles. The fourth-order valence-corrected chi connectivity index (χ4v) is 2.83. The maximum Gasteiger partial charge on any atom is 0.171 e. The molecular formula is C14H20ClN3O2. The first-order valence-electron chi connectivity index (χ1n) is 6.67. The summed E-state index contributed by atoms with van der Waals surface area (Å²) in [5, 5.41) is 12.2. The Labute approximate surface area is 124 Å². The summed E-state index contributed by atoms with van der Waals surface area (Å²) < 4.78 is 5.21. The molecule has 5 nitrogen and oxygen atoms in total. The average molecular weight is 298 g/mol. The van der Waals surface area contributed by atoms with Gasteiger partial charge in [0.1, 0.15) is 0 Å². The van der Waals surface area contributed by atoms with Crippen molar-refractivity contribution in [1.29, 1.82) is 0 Å². The van der Waals surface area contributed by atoms with Gasteiger partial charge in [0.05, 0.1) is 5.02 Å². The Morgan fingerprint density at radius 1 is 1.50 bits per heavy atom. The lowest BCUT2D eigenvalue weighted by Crippen LogP contribution is -2.35. The number of anilines is 1. The van der Waals surface area contributed by atoms with Crippen LogP contribution in [0, 0.1) is 5.92 Å². The van der Waals surface area contributed by atoms with Gasteiger partial charge in [0.15, 0.2) is 5.84 Å². The number of methoxy groups -OCH3 is 1. The fourth-order valence-electron chi connectivity index (χ4n) is 2.56. The zero-order valence-electron chi connectivity index (χ0n) is 11.6. The first-order valence-corrected chi connectivity index (χ1v) is 7.04. The van der Waals surface area contributed by atoms with Gasteiger partial charge < -0.3 is 20.6 Å². The van der Waals surface area contributed by atoms with E-state index in [2.05, 4.69) is 10.1 Å². The van der Waals surface area contributed by atoms with Gasteiger partial charge in [-0.1, -0.05) is 16.8 Å². The molecule has 0 bridgehead atoms. The number of ether oxygens (including phenoxy) is 1. The van der Waals surface area contributed by atoms with Crippen LogP contribution in [0.2, 0.25) is 5.02 Å². The molecule has 0 radical (unpaired) electrons. The van der Waals surface area contributed by atoms with Gasteiger partial charge in [-0.05, 0) is 37.0 Å². The summed E-state index contributed by atoms with van der Waals surface area (Å²) >= 11 is 6.18. The van der Waals surface area contributed by atoms with Crippen LogP contribution in [0.3, 0.4) is 0 Å². The summed E-state index contributed by atoms with van der Waals surface area (Å²) in [6.45, 7) is 2.82. The number of oxime groups is 1. The van der Waals surface area contributed by atoms with Crippen LogP contribution in [0.4, 0.5) is 5.69 Å². The molecule has 2 rings (SSSR count). The number of piperidine rings is 1. The van der Waals surface area contributed by atoms with E-state index in [1.807, 2.05) is 12.1 Å². The standard InChI is InChI=1S/C14H20ClN3O2/c1-20-9-10-4-6-18(7-5-10)11-2-3-12(13(15)8-11)14(16)17-19/h2-3,8,10,19H,4-7,9H2,1H3,(H2,16,17). The van der Waals surface area contributed by atoms with E-state index in [0.717, 1.165) is 38.2 Å². The zero-order chi connectivity index (χ0) is 14.5. The Kier molecular flexibility index (Phi) is 5.09. The number of halogens is 1. The van der Waals surface area contributed by atoms with E-state index < -0.39 is 0 Å². The quantitative estimate of drug-likeness (QED) is 0.387. The van der Waals surface area contributed by atoms with Crippen LogP contribution in [0.25, 0.3) is 0 Å². The lowest BCUT2D eigenvalue weighted by molar-refractivity contribution is 0.139. The molecule has 6 heteroatoms. The first kappa shape index (κ1) is 14.9. The molecule has 110 valence electrons. The van der Waals surface area contributed by atoms with Crippen molar-refractivity contribution < 1.29 is 9.94 Å². The van der Waals surface area contributed by atoms with Gasteiger partial charge >= 0.3 is 0 Å². The molecule has 0 spiro atoms. The highest BCUT2D eigenvalue weighted by Crippen LogP contribution is 2.27. The van der Waals surface area contributed by atoms with E-state index in [4.69, 9.17) is 27.3 Å². The normalized spacial score (nSPS) is 17.5. The highest BCUT2D eigenvalue weighted by Gasteiger charge is 2.20. The van der Waals surface area contributed by atoms with Crippen molar-refractivity contribution in [2.45, 2.75) is 12.8 Å². The predicted octanol–water partition coefficient (Wildman–Crippen LogP) is 2.30. The monoisotopic (exact) mass is 297 g/mol. The van der Waals surface area contributed by atoms with Crippen LogP contribution in [0.5, 0.6) is 0 Å². The van der Waals surface area contributed by atoms with Crippen molar-refractivity contribution in [3.8, 4) is 0 Å². The molecule has 1 aromatic rings. The van der Waals surface area contributed by atoms with Crippen molar-refractivity contribution >= 4 is 23.1 Å². The summed E-state index contributed by atoms with van der Waals surface area (Å²) in [6.07, 6.45) is 2.24. The summed E-state index contributed by atoms with van der Waals surface area (Å²) in [5.41, 5.74) is 7.18. The molecule has 0 aromatic heterocycles. The molecule has 1 fully saturated rings. The molecule has 1 heterocycles. The Hall–Kier alpha value is -1.46. The number of rotatable bonds is 4. The smallest absolute Gasteiger partial charge is 0.171 e. The van der Waals surface area contributed by atoms with Crippen molar-refractivity contribution in [1.82, 2.24) is 0 Å². The van der Waals surface area contributed by atoms with Gasteiger partial charge in [0.2, 0.25) is 0 Å². The average Bonchev–Trinajstić information content (AvgIpc) is 2.47. The summed E-state index contributed by atoms with van der Waals surface area (Å²) in [5.74, 6) is 0.670. The minimum Gasteiger partial charge on any atom is -0.409 e. The van der Waals surface area contributed by atoms with E-state index in [9.17, 15) is 0 Å². The molecule has 0 amide bonds. The summed E-state index contributed by atoms with van der Waals surface area (Å²) in [4.78, 5) is 2.30. The molecule has 20 heavy (non-hydrogen) atoms. The number of amidine groups is 1. The predicted molar refractivity (Wildman–Crippen MR) is 80.8 cm³/mol. The second kappa shape index (κ2) is 6.81. The Morgan fingerprint density at radius 2 is 2.20 bits per heavy atom. The van der Waals surface area contributed by atoms with Crippen molar-refractivity contribution in [2.24, 2.45) is 16.8 Å². The summed E-state index contributed by atoms with van der Waals surface area (Å²) in [6, 6.07) is 5.61. The number of nitrogens with zero attached hydrogens (tertiary/aromatic N) is 2. The van der Waals surface area contributed by atoms with Gasteiger partial charge in [-0.2, -0.15) is 0 Å². The molecule has 0 atom stereocenters. The van der Waals surface area contributed by atoms with E-state index in [1.165, 1.54) is 0 Å². The second-order valence-electron chi connectivity index (χ2n) is 5.04. The Morgan fingerprint density at radius 3 is 2.75 bits per heavy atom. The highest BCUT2D eigenvalue weighted by molar-refractivity contribution is 6.34. The maximum absolute atomic E-state index is 8.69. The van der Waals surface area contributed by atoms with Crippen LogP contribution in [0.15, 0.2) is 23.4 Å². The highest BCUT2D eigenvalue weighted by atomic mass is 35.5. The van der Waals surface area contributed by atoms with Gasteiger partial charge in [0.25, 0.3) is 0 Å². The van der Waals surface area contributed by atoms with Gasteiger partial charge in [-0.3, -0.25) is 0 Å². The molecule has 1 aromatic carbocycles. The van der Waals surface area contributed by atoms with Crippen molar-refractivity contribution in [3.05, 3.63) is 28.8 Å². The lowest BCUT2D eigenvalue weighted by Gasteiger charge is -2.33. The Balaban J connectivity index is 2.06. The molecule has 3 N–H and O–H groups in total. The van der Waals surface area contributed by atoms with E-state index >= 15 is 0 Å². The zero-order valence-corrected chi connectivity index (χ0v) is 12.3. The topological polar surface area (TPSA) is 71.1 Å². The fraction of sp³-hybridized carbons (Fsp3) is 0.500. The van der Waals surface area contributed by atoms with Crippen molar-refractivity contribution in [2.75, 3.05) is 31.7 Å². The van der Waals surface area contributed by atoms with Crippen LogP contribution < -0.4 is 10.6 Å². The number of hydrogen-bond donors (Lipinski definition) is 2. The maximum atomic E-state index is 8.69. The minimum atomic E-state index is 0.0281. The van der Waals surface area contributed by atoms with E-state index in [-0.39, 0.29) is 5.84 Å². The molecule has 1 aliphatic rings. The van der Waals surface area contributed by atoms with Gasteiger partial charge in [-0.15, -0.1) is 0 Å². The van der Waals surface area contributed by atoms with Crippen LogP contribution in [0.1, 0.15) is 18.4 Å². The lowest BCUT2D eigenvalue weighted by atomic mass is 9.97. The first-order chi connectivity index (χ1) is 9.65. The SMILES string of the molecule is COCC1CCN(c2ccc(C(N)=NO)c(Cl)c2)CC1. The second-order valence-corrected chi connectivity index (χ2v) is 5.44. The van der Waals surface area contributed by atoms with E-state index in [0.29, 0.717) is 16.5 Å². The Bertz CT molecular complexity index is 485. The van der Waals surface area contributed by atoms with E-state index in [1.54, 1.807) is 13.2 Å². The van der Waals surface area contributed by atoms with Crippen LogP contribution in [-0.2, 0) is 4.74 Å².